The molecule has 1 aliphatic carbocycles. The summed E-state index contributed by atoms with van der Waals surface area (Å²) in [6.07, 6.45) is 3.10. The van der Waals surface area contributed by atoms with Crippen LogP contribution >= 0.6 is 11.6 Å². The molecule has 0 atom stereocenters. The van der Waals surface area contributed by atoms with E-state index in [2.05, 4.69) is 10.3 Å². The van der Waals surface area contributed by atoms with Crippen LogP contribution in [0.5, 0.6) is 0 Å². The second-order valence-corrected chi connectivity index (χ2v) is 10.8. The van der Waals surface area contributed by atoms with E-state index in [-0.39, 0.29) is 29.2 Å². The molecule has 5 rings (SSSR count). The summed E-state index contributed by atoms with van der Waals surface area (Å²) in [6, 6.07) is 20.8. The number of anilines is 1. The third-order valence-corrected chi connectivity index (χ3v) is 7.97. The first-order chi connectivity index (χ1) is 17.3. The fourth-order valence-corrected chi connectivity index (χ4v) is 5.60. The van der Waals surface area contributed by atoms with Crippen molar-refractivity contribution in [3.8, 4) is 16.9 Å². The molecule has 10 heteroatoms. The maximum Gasteiger partial charge on any atom is 0.243 e. The Labute approximate surface area is 213 Å². The van der Waals surface area contributed by atoms with Gasteiger partial charge in [-0.2, -0.15) is 4.31 Å². The molecule has 1 fully saturated rings. The number of aromatic nitrogens is 2. The van der Waals surface area contributed by atoms with Crippen LogP contribution in [-0.4, -0.2) is 40.8 Å². The van der Waals surface area contributed by atoms with Gasteiger partial charge in [0.05, 0.1) is 17.1 Å². The van der Waals surface area contributed by atoms with Gasteiger partial charge in [0.15, 0.2) is 0 Å². The van der Waals surface area contributed by atoms with Gasteiger partial charge < -0.3 is 0 Å². The van der Waals surface area contributed by atoms with E-state index in [0.29, 0.717) is 29.2 Å². The molecule has 0 saturated heterocycles. The fraction of sp³-hybridized carbons (Fsp3) is 0.154. The van der Waals surface area contributed by atoms with Gasteiger partial charge >= 0.3 is 0 Å². The topological polar surface area (TPSA) is 84.3 Å². The van der Waals surface area contributed by atoms with Crippen LogP contribution in [0.3, 0.4) is 0 Å². The van der Waals surface area contributed by atoms with Crippen LogP contribution in [0, 0.1) is 5.82 Å². The Bertz CT molecular complexity index is 1490. The third-order valence-electron chi connectivity index (χ3n) is 5.81. The lowest BCUT2D eigenvalue weighted by Gasteiger charge is -2.21. The number of carbonyl (C=O) groups excluding carboxylic acids is 1. The van der Waals surface area contributed by atoms with E-state index in [1.54, 1.807) is 22.9 Å². The summed E-state index contributed by atoms with van der Waals surface area (Å²) < 4.78 is 42.9. The SMILES string of the molecule is O=C(CN(C1CC1)S(=O)(=O)c1ccc(Cl)cc1)Nc1nc(-c2ccccc2)cn1-c1ccc(F)cc1. The Hall–Kier alpha value is -3.53. The number of sulfonamides is 1. The molecule has 0 spiro atoms. The van der Waals surface area contributed by atoms with E-state index in [1.165, 1.54) is 40.7 Å². The summed E-state index contributed by atoms with van der Waals surface area (Å²) in [7, 11) is -3.90. The maximum absolute atomic E-state index is 13.5. The number of benzene rings is 3. The van der Waals surface area contributed by atoms with Crippen LogP contribution in [0.4, 0.5) is 10.3 Å². The van der Waals surface area contributed by atoms with Gasteiger partial charge in [-0.3, -0.25) is 14.7 Å². The van der Waals surface area contributed by atoms with Gasteiger partial charge in [-0.1, -0.05) is 41.9 Å². The number of amides is 1. The van der Waals surface area contributed by atoms with Crippen molar-refractivity contribution in [3.63, 3.8) is 0 Å². The molecule has 36 heavy (non-hydrogen) atoms. The number of hydrogen-bond acceptors (Lipinski definition) is 4. The fourth-order valence-electron chi connectivity index (χ4n) is 3.84. The summed E-state index contributed by atoms with van der Waals surface area (Å²) in [5.41, 5.74) is 2.02. The zero-order valence-corrected chi connectivity index (χ0v) is 20.6. The molecule has 1 aromatic heterocycles. The van der Waals surface area contributed by atoms with Crippen LogP contribution in [0.2, 0.25) is 5.02 Å². The molecule has 0 unspecified atom stereocenters. The van der Waals surface area contributed by atoms with Crippen LogP contribution < -0.4 is 5.32 Å². The standard InChI is InChI=1S/C26H22ClFN4O3S/c27-19-6-14-23(15-7-19)36(34,35)32(22-12-13-22)17-25(33)30-26-29-24(18-4-2-1-3-5-18)16-31(26)21-10-8-20(28)9-11-21/h1-11,14-16,22H,12-13,17H2,(H,29,30,33). The summed E-state index contributed by atoms with van der Waals surface area (Å²) in [4.78, 5) is 17.8. The Kier molecular flexibility index (Phi) is 6.61. The maximum atomic E-state index is 13.5. The lowest BCUT2D eigenvalue weighted by Crippen LogP contribution is -2.39. The zero-order valence-electron chi connectivity index (χ0n) is 19.0. The molecule has 3 aromatic carbocycles. The summed E-state index contributed by atoms with van der Waals surface area (Å²) in [5.74, 6) is -0.724. The predicted octanol–water partition coefficient (Wildman–Crippen LogP) is 5.12. The van der Waals surface area contributed by atoms with E-state index in [9.17, 15) is 17.6 Å². The average Bonchev–Trinajstić information content (AvgIpc) is 3.63. The van der Waals surface area contributed by atoms with E-state index < -0.39 is 15.9 Å². The molecule has 1 N–H and O–H groups in total. The molecule has 184 valence electrons. The van der Waals surface area contributed by atoms with Crippen molar-refractivity contribution < 1.29 is 17.6 Å². The van der Waals surface area contributed by atoms with Gasteiger partial charge in [-0.25, -0.2) is 17.8 Å². The van der Waals surface area contributed by atoms with E-state index in [4.69, 9.17) is 11.6 Å². The highest BCUT2D eigenvalue weighted by molar-refractivity contribution is 7.89. The minimum absolute atomic E-state index is 0.0748. The van der Waals surface area contributed by atoms with Gasteiger partial charge in [0.2, 0.25) is 21.9 Å². The number of halogens is 2. The molecule has 0 bridgehead atoms. The molecule has 1 saturated carbocycles. The second kappa shape index (κ2) is 9.85. The number of nitrogens with zero attached hydrogens (tertiary/aromatic N) is 3. The predicted molar refractivity (Wildman–Crippen MR) is 136 cm³/mol. The van der Waals surface area contributed by atoms with Crippen LogP contribution in [-0.2, 0) is 14.8 Å². The molecule has 4 aromatic rings. The Morgan fingerprint density at radius 1 is 1.03 bits per heavy atom. The van der Waals surface area contributed by atoms with Crippen molar-refractivity contribution in [2.24, 2.45) is 0 Å². The van der Waals surface area contributed by atoms with Crippen molar-refractivity contribution in [1.29, 1.82) is 0 Å². The Morgan fingerprint density at radius 3 is 2.33 bits per heavy atom. The lowest BCUT2D eigenvalue weighted by molar-refractivity contribution is -0.116. The highest BCUT2D eigenvalue weighted by atomic mass is 35.5. The lowest BCUT2D eigenvalue weighted by atomic mass is 10.2. The Balaban J connectivity index is 1.43. The van der Waals surface area contributed by atoms with Gasteiger partial charge in [0, 0.05) is 28.5 Å². The zero-order chi connectivity index (χ0) is 25.3. The summed E-state index contributed by atoms with van der Waals surface area (Å²) in [5, 5.41) is 3.17. The molecule has 0 aliphatic heterocycles. The molecule has 7 nitrogen and oxygen atoms in total. The molecule has 0 radical (unpaired) electrons. The largest absolute Gasteiger partial charge is 0.294 e. The van der Waals surface area contributed by atoms with Crippen molar-refractivity contribution in [3.05, 3.63) is 95.9 Å². The van der Waals surface area contributed by atoms with Crippen molar-refractivity contribution in [2.45, 2.75) is 23.8 Å². The molecular weight excluding hydrogens is 503 g/mol. The normalized spacial score (nSPS) is 13.6. The van der Waals surface area contributed by atoms with E-state index in [0.717, 1.165) is 5.56 Å². The first kappa shape index (κ1) is 24.2. The molecular formula is C26H22ClFN4O3S. The number of carbonyl (C=O) groups is 1. The minimum Gasteiger partial charge on any atom is -0.294 e. The monoisotopic (exact) mass is 524 g/mol. The third kappa shape index (κ3) is 5.18. The van der Waals surface area contributed by atoms with E-state index >= 15 is 0 Å². The second-order valence-electron chi connectivity index (χ2n) is 8.45. The molecule has 1 aliphatic rings. The molecule has 1 heterocycles. The van der Waals surface area contributed by atoms with Crippen molar-refractivity contribution >= 4 is 33.5 Å². The number of rotatable bonds is 8. The highest BCUT2D eigenvalue weighted by Crippen LogP contribution is 2.32. The highest BCUT2D eigenvalue weighted by Gasteiger charge is 2.39. The number of hydrogen-bond donors (Lipinski definition) is 1. The minimum atomic E-state index is -3.90. The molecule has 1 amide bonds. The summed E-state index contributed by atoms with van der Waals surface area (Å²) in [6.45, 7) is -0.368. The van der Waals surface area contributed by atoms with Crippen LogP contribution in [0.1, 0.15) is 12.8 Å². The number of nitrogens with one attached hydrogen (secondary N) is 1. The average molecular weight is 525 g/mol. The number of imidazole rings is 1. The first-order valence-corrected chi connectivity index (χ1v) is 13.1. The van der Waals surface area contributed by atoms with Gasteiger partial charge in [0.1, 0.15) is 5.82 Å². The quantitative estimate of drug-likeness (QED) is 0.346. The van der Waals surface area contributed by atoms with Gasteiger partial charge in [0.25, 0.3) is 0 Å². The van der Waals surface area contributed by atoms with Gasteiger partial charge in [-0.05, 0) is 61.4 Å². The van der Waals surface area contributed by atoms with Crippen LogP contribution in [0.15, 0.2) is 90.0 Å². The first-order valence-electron chi connectivity index (χ1n) is 11.3. The summed E-state index contributed by atoms with van der Waals surface area (Å²) >= 11 is 5.91. The van der Waals surface area contributed by atoms with E-state index in [1.807, 2.05) is 30.3 Å². The van der Waals surface area contributed by atoms with Crippen molar-refractivity contribution in [1.82, 2.24) is 13.9 Å². The van der Waals surface area contributed by atoms with Crippen LogP contribution in [0.25, 0.3) is 16.9 Å². The van der Waals surface area contributed by atoms with Gasteiger partial charge in [-0.15, -0.1) is 0 Å². The smallest absolute Gasteiger partial charge is 0.243 e. The Morgan fingerprint density at radius 2 is 1.69 bits per heavy atom. The van der Waals surface area contributed by atoms with Crippen molar-refractivity contribution in [2.75, 3.05) is 11.9 Å².